The predicted octanol–water partition coefficient (Wildman–Crippen LogP) is 4.47. The molecule has 1 aromatic rings. The van der Waals surface area contributed by atoms with Crippen LogP contribution < -0.4 is 10.5 Å². The minimum Gasteiger partial charge on any atom is -0.492 e. The number of hydrogen-bond donors (Lipinski definition) is 1. The van der Waals surface area contributed by atoms with Crippen LogP contribution in [0.2, 0.25) is 0 Å². The highest BCUT2D eigenvalue weighted by molar-refractivity contribution is 14.1. The summed E-state index contributed by atoms with van der Waals surface area (Å²) in [4.78, 5) is 0. The van der Waals surface area contributed by atoms with E-state index in [1.54, 1.807) is 0 Å². The maximum Gasteiger partial charge on any atom is 0.132 e. The highest BCUT2D eigenvalue weighted by atomic mass is 127. The molecule has 96 valence electrons. The van der Waals surface area contributed by atoms with Gasteiger partial charge in [0.05, 0.1) is 10.2 Å². The van der Waals surface area contributed by atoms with Gasteiger partial charge in [0.25, 0.3) is 0 Å². The first-order valence-corrected chi connectivity index (χ1v) is 7.43. The quantitative estimate of drug-likeness (QED) is 0.584. The van der Waals surface area contributed by atoms with Crippen LogP contribution in [-0.2, 0) is 0 Å². The van der Waals surface area contributed by atoms with Gasteiger partial charge in [0, 0.05) is 5.69 Å². The Bertz CT molecular complexity index is 341. The zero-order chi connectivity index (χ0) is 12.7. The highest BCUT2D eigenvalue weighted by Crippen LogP contribution is 2.24. The van der Waals surface area contributed by atoms with Gasteiger partial charge in [-0.1, -0.05) is 33.1 Å². The first-order valence-electron chi connectivity index (χ1n) is 6.35. The van der Waals surface area contributed by atoms with Crippen molar-refractivity contribution in [1.29, 1.82) is 0 Å². The van der Waals surface area contributed by atoms with Crippen LogP contribution in [0.25, 0.3) is 0 Å². The molecular formula is C14H22INO. The van der Waals surface area contributed by atoms with Gasteiger partial charge < -0.3 is 10.5 Å². The number of hydrogen-bond acceptors (Lipinski definition) is 2. The molecule has 2 N–H and O–H groups in total. The molecule has 0 aromatic heterocycles. The summed E-state index contributed by atoms with van der Waals surface area (Å²) in [6.07, 6.45) is 5.00. The van der Waals surface area contributed by atoms with Crippen molar-refractivity contribution in [2.24, 2.45) is 5.92 Å². The van der Waals surface area contributed by atoms with E-state index in [9.17, 15) is 0 Å². The number of ether oxygens (including phenoxy) is 1. The molecule has 0 fully saturated rings. The molecule has 0 saturated heterocycles. The fourth-order valence-corrected chi connectivity index (χ4v) is 2.43. The number of nitrogen functional groups attached to an aromatic ring is 1. The third-order valence-electron chi connectivity index (χ3n) is 2.97. The zero-order valence-electron chi connectivity index (χ0n) is 10.7. The Morgan fingerprint density at radius 1 is 1.35 bits per heavy atom. The maximum atomic E-state index is 5.88. The van der Waals surface area contributed by atoms with Gasteiger partial charge in [0.2, 0.25) is 0 Å². The summed E-state index contributed by atoms with van der Waals surface area (Å²) in [6, 6.07) is 5.80. The van der Waals surface area contributed by atoms with E-state index in [0.717, 1.165) is 21.6 Å². The van der Waals surface area contributed by atoms with Crippen LogP contribution in [0.4, 0.5) is 5.69 Å². The average Bonchev–Trinajstić information content (AvgIpc) is 2.31. The van der Waals surface area contributed by atoms with Crippen LogP contribution in [-0.4, -0.2) is 6.61 Å². The summed E-state index contributed by atoms with van der Waals surface area (Å²) < 4.78 is 6.97. The van der Waals surface area contributed by atoms with Crippen molar-refractivity contribution in [3.8, 4) is 5.75 Å². The molecule has 0 heterocycles. The van der Waals surface area contributed by atoms with Crippen LogP contribution in [0.5, 0.6) is 5.75 Å². The lowest BCUT2D eigenvalue weighted by atomic mass is 10.0. The Balaban J connectivity index is 2.47. The topological polar surface area (TPSA) is 35.2 Å². The van der Waals surface area contributed by atoms with E-state index >= 15 is 0 Å². The van der Waals surface area contributed by atoms with E-state index in [1.807, 2.05) is 18.2 Å². The molecule has 17 heavy (non-hydrogen) atoms. The Hall–Kier alpha value is -0.450. The van der Waals surface area contributed by atoms with Crippen molar-refractivity contribution in [3.05, 3.63) is 21.8 Å². The van der Waals surface area contributed by atoms with Crippen molar-refractivity contribution in [2.45, 2.75) is 39.5 Å². The van der Waals surface area contributed by atoms with Crippen molar-refractivity contribution < 1.29 is 4.74 Å². The van der Waals surface area contributed by atoms with E-state index in [4.69, 9.17) is 10.5 Å². The van der Waals surface area contributed by atoms with Crippen LogP contribution >= 0.6 is 22.6 Å². The largest absolute Gasteiger partial charge is 0.492 e. The Labute approximate surface area is 118 Å². The summed E-state index contributed by atoms with van der Waals surface area (Å²) in [5, 5.41) is 0. The molecule has 1 aromatic carbocycles. The SMILES string of the molecule is CCCCC(CC)COc1ccc(N)cc1I. The van der Waals surface area contributed by atoms with Gasteiger partial charge >= 0.3 is 0 Å². The fourth-order valence-electron chi connectivity index (χ4n) is 1.74. The maximum absolute atomic E-state index is 5.88. The molecule has 0 aliphatic carbocycles. The van der Waals surface area contributed by atoms with E-state index < -0.39 is 0 Å². The van der Waals surface area contributed by atoms with E-state index in [2.05, 4.69) is 36.4 Å². The number of nitrogens with two attached hydrogens (primary N) is 1. The standard InChI is InChI=1S/C14H22INO/c1-3-5-6-11(4-2)10-17-14-8-7-12(16)9-13(14)15/h7-9,11H,3-6,10,16H2,1-2H3. The minimum atomic E-state index is 0.670. The first-order chi connectivity index (χ1) is 8.17. The summed E-state index contributed by atoms with van der Waals surface area (Å²) in [6.45, 7) is 5.28. The zero-order valence-corrected chi connectivity index (χ0v) is 12.9. The first kappa shape index (κ1) is 14.6. The lowest BCUT2D eigenvalue weighted by molar-refractivity contribution is 0.232. The summed E-state index contributed by atoms with van der Waals surface area (Å²) in [5.41, 5.74) is 6.51. The minimum absolute atomic E-state index is 0.670. The molecule has 0 aliphatic heterocycles. The van der Waals surface area contributed by atoms with E-state index in [-0.39, 0.29) is 0 Å². The summed E-state index contributed by atoms with van der Waals surface area (Å²) in [7, 11) is 0. The van der Waals surface area contributed by atoms with Crippen LogP contribution in [0.3, 0.4) is 0 Å². The molecule has 0 amide bonds. The monoisotopic (exact) mass is 347 g/mol. The number of anilines is 1. The molecule has 1 atom stereocenters. The lowest BCUT2D eigenvalue weighted by Gasteiger charge is -2.16. The van der Waals surface area contributed by atoms with Crippen molar-refractivity contribution >= 4 is 28.3 Å². The number of rotatable bonds is 7. The molecule has 1 unspecified atom stereocenters. The second-order valence-corrected chi connectivity index (χ2v) is 5.58. The van der Waals surface area contributed by atoms with Gasteiger partial charge in [-0.25, -0.2) is 0 Å². The Morgan fingerprint density at radius 3 is 2.71 bits per heavy atom. The molecule has 1 rings (SSSR count). The van der Waals surface area contributed by atoms with Gasteiger partial charge in [-0.05, 0) is 53.1 Å². The molecule has 0 aliphatic rings. The van der Waals surface area contributed by atoms with Gasteiger partial charge in [0.1, 0.15) is 5.75 Å². The smallest absolute Gasteiger partial charge is 0.132 e. The lowest BCUT2D eigenvalue weighted by Crippen LogP contribution is -2.11. The molecular weight excluding hydrogens is 325 g/mol. The van der Waals surface area contributed by atoms with E-state index in [0.29, 0.717) is 5.92 Å². The molecule has 0 saturated carbocycles. The van der Waals surface area contributed by atoms with Crippen LogP contribution in [0, 0.1) is 9.49 Å². The van der Waals surface area contributed by atoms with Gasteiger partial charge in [-0.15, -0.1) is 0 Å². The van der Waals surface area contributed by atoms with Crippen LogP contribution in [0.15, 0.2) is 18.2 Å². The second kappa shape index (κ2) is 7.80. The highest BCUT2D eigenvalue weighted by Gasteiger charge is 2.08. The van der Waals surface area contributed by atoms with Crippen molar-refractivity contribution in [1.82, 2.24) is 0 Å². The molecule has 0 radical (unpaired) electrons. The van der Waals surface area contributed by atoms with E-state index in [1.165, 1.54) is 25.7 Å². The van der Waals surface area contributed by atoms with Crippen LogP contribution in [0.1, 0.15) is 39.5 Å². The van der Waals surface area contributed by atoms with Gasteiger partial charge in [-0.3, -0.25) is 0 Å². The number of benzene rings is 1. The van der Waals surface area contributed by atoms with Gasteiger partial charge in [0.15, 0.2) is 0 Å². The number of halogens is 1. The second-order valence-electron chi connectivity index (χ2n) is 4.42. The Kier molecular flexibility index (Phi) is 6.70. The predicted molar refractivity (Wildman–Crippen MR) is 82.4 cm³/mol. The molecule has 0 bridgehead atoms. The Morgan fingerprint density at radius 2 is 2.12 bits per heavy atom. The average molecular weight is 347 g/mol. The summed E-state index contributed by atoms with van der Waals surface area (Å²) in [5.74, 6) is 1.62. The summed E-state index contributed by atoms with van der Waals surface area (Å²) >= 11 is 2.27. The third-order valence-corrected chi connectivity index (χ3v) is 3.82. The number of unbranched alkanes of at least 4 members (excludes halogenated alkanes) is 1. The third kappa shape index (κ3) is 5.15. The van der Waals surface area contributed by atoms with Crippen molar-refractivity contribution in [3.63, 3.8) is 0 Å². The normalized spacial score (nSPS) is 12.4. The van der Waals surface area contributed by atoms with Gasteiger partial charge in [-0.2, -0.15) is 0 Å². The fraction of sp³-hybridized carbons (Fsp3) is 0.571. The molecule has 2 nitrogen and oxygen atoms in total. The molecule has 3 heteroatoms. The van der Waals surface area contributed by atoms with Crippen molar-refractivity contribution in [2.75, 3.05) is 12.3 Å². The molecule has 0 spiro atoms.